The Hall–Kier alpha value is -2.50. The van der Waals surface area contributed by atoms with Gasteiger partial charge in [0.1, 0.15) is 0 Å². The largest absolute Gasteiger partial charge is 0.355 e. The zero-order valence-corrected chi connectivity index (χ0v) is 12.6. The summed E-state index contributed by atoms with van der Waals surface area (Å²) in [5.74, 6) is 0.995. The smallest absolute Gasteiger partial charge is 0.227 e. The fraction of sp³-hybridized carbons (Fsp3) is 0.375. The average molecular weight is 297 g/mol. The molecular formula is C16H19N5O. The van der Waals surface area contributed by atoms with E-state index in [1.54, 1.807) is 12.4 Å². The Balaban J connectivity index is 1.55. The number of anilines is 2. The molecule has 22 heavy (non-hydrogen) atoms. The van der Waals surface area contributed by atoms with E-state index in [0.717, 1.165) is 43.1 Å². The number of aryl methyl sites for hydroxylation is 1. The van der Waals surface area contributed by atoms with Crippen LogP contribution < -0.4 is 10.2 Å². The van der Waals surface area contributed by atoms with Crippen LogP contribution in [0.15, 0.2) is 36.7 Å². The molecule has 2 aromatic rings. The van der Waals surface area contributed by atoms with Crippen molar-refractivity contribution >= 4 is 17.4 Å². The van der Waals surface area contributed by atoms with Crippen LogP contribution in [0.3, 0.4) is 0 Å². The minimum absolute atomic E-state index is 0.0369. The number of hydrogen-bond donors (Lipinski definition) is 1. The number of pyridine rings is 1. The van der Waals surface area contributed by atoms with Gasteiger partial charge in [0, 0.05) is 25.2 Å². The van der Waals surface area contributed by atoms with Gasteiger partial charge in [0.05, 0.1) is 17.6 Å². The van der Waals surface area contributed by atoms with Crippen molar-refractivity contribution in [2.45, 2.75) is 19.8 Å². The third-order valence-corrected chi connectivity index (χ3v) is 3.90. The van der Waals surface area contributed by atoms with Crippen LogP contribution in [0.5, 0.6) is 0 Å². The van der Waals surface area contributed by atoms with E-state index in [1.165, 1.54) is 0 Å². The first kappa shape index (κ1) is 14.4. The van der Waals surface area contributed by atoms with Gasteiger partial charge in [-0.05, 0) is 44.0 Å². The van der Waals surface area contributed by atoms with Gasteiger partial charge in [-0.25, -0.2) is 0 Å². The molecule has 0 bridgehead atoms. The fourth-order valence-corrected chi connectivity index (χ4v) is 2.61. The number of carbonyl (C=O) groups excluding carboxylic acids is 1. The quantitative estimate of drug-likeness (QED) is 0.938. The minimum Gasteiger partial charge on any atom is -0.355 e. The highest BCUT2D eigenvalue weighted by atomic mass is 16.1. The third kappa shape index (κ3) is 3.39. The van der Waals surface area contributed by atoms with Crippen LogP contribution in [0.1, 0.15) is 18.5 Å². The Labute approximate surface area is 129 Å². The summed E-state index contributed by atoms with van der Waals surface area (Å²) >= 11 is 0. The molecule has 0 unspecified atom stereocenters. The van der Waals surface area contributed by atoms with Crippen LogP contribution in [0.25, 0.3) is 0 Å². The van der Waals surface area contributed by atoms with Gasteiger partial charge in [-0.15, -0.1) is 5.10 Å². The molecule has 1 aliphatic rings. The molecule has 3 rings (SSSR count). The fourth-order valence-electron chi connectivity index (χ4n) is 2.61. The predicted molar refractivity (Wildman–Crippen MR) is 84.6 cm³/mol. The Morgan fingerprint density at radius 2 is 2.05 bits per heavy atom. The van der Waals surface area contributed by atoms with E-state index in [1.807, 2.05) is 31.2 Å². The molecule has 6 nitrogen and oxygen atoms in total. The summed E-state index contributed by atoms with van der Waals surface area (Å²) in [6, 6.07) is 7.61. The number of nitrogens with one attached hydrogen (secondary N) is 1. The summed E-state index contributed by atoms with van der Waals surface area (Å²) in [6.07, 6.45) is 5.00. The van der Waals surface area contributed by atoms with E-state index < -0.39 is 0 Å². The standard InChI is InChI=1S/C16H19N5O/c1-12-4-5-15(20-19-12)21-9-6-13(7-10-21)16(22)18-14-3-2-8-17-11-14/h2-5,8,11,13H,6-7,9-10H2,1H3,(H,18,22). The molecule has 3 heterocycles. The van der Waals surface area contributed by atoms with Crippen LogP contribution in [0, 0.1) is 12.8 Å². The zero-order valence-electron chi connectivity index (χ0n) is 12.6. The molecule has 6 heteroatoms. The van der Waals surface area contributed by atoms with E-state index in [4.69, 9.17) is 0 Å². The van der Waals surface area contributed by atoms with E-state index in [0.29, 0.717) is 0 Å². The number of piperidine rings is 1. The molecule has 0 spiro atoms. The first-order valence-corrected chi connectivity index (χ1v) is 7.48. The molecule has 1 fully saturated rings. The van der Waals surface area contributed by atoms with Gasteiger partial charge in [-0.2, -0.15) is 5.10 Å². The SMILES string of the molecule is Cc1ccc(N2CCC(C(=O)Nc3cccnc3)CC2)nn1. The van der Waals surface area contributed by atoms with E-state index in [2.05, 4.69) is 25.4 Å². The van der Waals surface area contributed by atoms with E-state index in [-0.39, 0.29) is 11.8 Å². The monoisotopic (exact) mass is 297 g/mol. The molecule has 0 aliphatic carbocycles. The Bertz CT molecular complexity index is 621. The highest BCUT2D eigenvalue weighted by molar-refractivity contribution is 5.92. The summed E-state index contributed by atoms with van der Waals surface area (Å²) in [5, 5.41) is 11.2. The summed E-state index contributed by atoms with van der Waals surface area (Å²) in [5.41, 5.74) is 1.66. The molecule has 0 saturated carbocycles. The van der Waals surface area contributed by atoms with Crippen molar-refractivity contribution in [3.8, 4) is 0 Å². The number of hydrogen-bond acceptors (Lipinski definition) is 5. The van der Waals surface area contributed by atoms with Crippen molar-refractivity contribution in [2.24, 2.45) is 5.92 Å². The van der Waals surface area contributed by atoms with Crippen LogP contribution >= 0.6 is 0 Å². The van der Waals surface area contributed by atoms with Crippen LogP contribution in [0.2, 0.25) is 0 Å². The van der Waals surface area contributed by atoms with Crippen molar-refractivity contribution in [2.75, 3.05) is 23.3 Å². The summed E-state index contributed by atoms with van der Waals surface area (Å²) in [6.45, 7) is 3.57. The number of aromatic nitrogens is 3. The molecule has 1 saturated heterocycles. The Morgan fingerprint density at radius 3 is 2.68 bits per heavy atom. The Morgan fingerprint density at radius 1 is 1.23 bits per heavy atom. The summed E-state index contributed by atoms with van der Waals surface area (Å²) < 4.78 is 0. The summed E-state index contributed by atoms with van der Waals surface area (Å²) in [7, 11) is 0. The average Bonchev–Trinajstić information content (AvgIpc) is 2.57. The van der Waals surface area contributed by atoms with Crippen LogP contribution in [-0.4, -0.2) is 34.2 Å². The molecule has 0 radical (unpaired) electrons. The maximum atomic E-state index is 12.3. The topological polar surface area (TPSA) is 71.0 Å². The molecule has 1 amide bonds. The van der Waals surface area contributed by atoms with E-state index in [9.17, 15) is 4.79 Å². The first-order valence-electron chi connectivity index (χ1n) is 7.48. The first-order chi connectivity index (χ1) is 10.7. The van der Waals surface area contributed by atoms with Gasteiger partial charge in [-0.1, -0.05) is 0 Å². The van der Waals surface area contributed by atoms with E-state index >= 15 is 0 Å². The number of rotatable bonds is 3. The van der Waals surface area contributed by atoms with Crippen LogP contribution in [-0.2, 0) is 4.79 Å². The highest BCUT2D eigenvalue weighted by Gasteiger charge is 2.25. The lowest BCUT2D eigenvalue weighted by atomic mass is 9.96. The van der Waals surface area contributed by atoms with Crippen molar-refractivity contribution in [1.29, 1.82) is 0 Å². The van der Waals surface area contributed by atoms with Crippen molar-refractivity contribution in [3.63, 3.8) is 0 Å². The lowest BCUT2D eigenvalue weighted by Gasteiger charge is -2.31. The normalized spacial score (nSPS) is 15.6. The van der Waals surface area contributed by atoms with Crippen LogP contribution in [0.4, 0.5) is 11.5 Å². The molecule has 0 atom stereocenters. The maximum absolute atomic E-state index is 12.3. The lowest BCUT2D eigenvalue weighted by molar-refractivity contribution is -0.120. The molecular weight excluding hydrogens is 278 g/mol. The Kier molecular flexibility index (Phi) is 4.27. The van der Waals surface area contributed by atoms with Crippen molar-refractivity contribution in [1.82, 2.24) is 15.2 Å². The number of carbonyl (C=O) groups is 1. The van der Waals surface area contributed by atoms with Crippen molar-refractivity contribution in [3.05, 3.63) is 42.4 Å². The van der Waals surface area contributed by atoms with Gasteiger partial charge in [0.15, 0.2) is 5.82 Å². The van der Waals surface area contributed by atoms with Gasteiger partial charge in [-0.3, -0.25) is 9.78 Å². The van der Waals surface area contributed by atoms with Gasteiger partial charge in [0.25, 0.3) is 0 Å². The van der Waals surface area contributed by atoms with Crippen molar-refractivity contribution < 1.29 is 4.79 Å². The molecule has 114 valence electrons. The zero-order chi connectivity index (χ0) is 15.4. The predicted octanol–water partition coefficient (Wildman–Crippen LogP) is 2.04. The molecule has 2 aromatic heterocycles. The highest BCUT2D eigenvalue weighted by Crippen LogP contribution is 2.22. The minimum atomic E-state index is 0.0369. The lowest BCUT2D eigenvalue weighted by Crippen LogP contribution is -2.38. The van der Waals surface area contributed by atoms with Gasteiger partial charge in [0.2, 0.25) is 5.91 Å². The number of amides is 1. The second-order valence-corrected chi connectivity index (χ2v) is 5.53. The second-order valence-electron chi connectivity index (χ2n) is 5.53. The molecule has 1 aliphatic heterocycles. The van der Waals surface area contributed by atoms with Gasteiger partial charge < -0.3 is 10.2 Å². The van der Waals surface area contributed by atoms with Gasteiger partial charge >= 0.3 is 0 Å². The third-order valence-electron chi connectivity index (χ3n) is 3.90. The second kappa shape index (κ2) is 6.51. The maximum Gasteiger partial charge on any atom is 0.227 e. The number of nitrogens with zero attached hydrogens (tertiary/aromatic N) is 4. The molecule has 1 N–H and O–H groups in total. The molecule has 0 aromatic carbocycles. The summed E-state index contributed by atoms with van der Waals surface area (Å²) in [4.78, 5) is 18.5.